The van der Waals surface area contributed by atoms with Crippen LogP contribution < -0.4 is 9.64 Å². The van der Waals surface area contributed by atoms with E-state index in [0.29, 0.717) is 30.9 Å². The lowest BCUT2D eigenvalue weighted by molar-refractivity contribution is -0.130. The number of ether oxygens (including phenoxy) is 2. The lowest BCUT2D eigenvalue weighted by atomic mass is 9.93. The van der Waals surface area contributed by atoms with Crippen LogP contribution in [0.2, 0.25) is 5.02 Å². The molecule has 6 rings (SSSR count). The number of anilines is 1. The molecule has 11 nitrogen and oxygen atoms in total. The van der Waals surface area contributed by atoms with Gasteiger partial charge >= 0.3 is 0 Å². The van der Waals surface area contributed by atoms with Gasteiger partial charge in [0.05, 0.1) is 27.9 Å². The number of benzene rings is 1. The normalized spacial score (nSPS) is 26.2. The standard InChI is InChI=1S/C37H45ClF2N6O5/c1-8-29(48)44-16-21(6)45(17-20(44)5)35-24-14-26(39)32-30-28(11-10-25(38)31(30)40)51-18-27(47)34(50-9-2)23-12-13-43(15-19(3)4)22(7)33(23)46(36(24)41-32)37(49)42-35/h8,10-14,19-22,27,34,37,47,49H,1,9,15-18H2,2-7H3/t20-,21+,22-,27?,34?,37?/m1/s1. The van der Waals surface area contributed by atoms with Gasteiger partial charge in [-0.3, -0.25) is 9.69 Å². The number of nitrogens with zero attached hydrogens (tertiary/aromatic N) is 6. The summed E-state index contributed by atoms with van der Waals surface area (Å²) in [6.45, 7) is 16.6. The van der Waals surface area contributed by atoms with Gasteiger partial charge in [-0.25, -0.2) is 18.8 Å². The number of aliphatic hydroxyl groups excluding tert-OH is 2. The third-order valence-electron chi connectivity index (χ3n) is 9.78. The monoisotopic (exact) mass is 726 g/mol. The second-order valence-electron chi connectivity index (χ2n) is 13.8. The Morgan fingerprint density at radius 2 is 1.94 bits per heavy atom. The van der Waals surface area contributed by atoms with Crippen LogP contribution in [0.4, 0.5) is 14.6 Å². The highest BCUT2D eigenvalue weighted by molar-refractivity contribution is 6.31. The fraction of sp³-hybridized carbons (Fsp3) is 0.486. The molecule has 0 saturated carbocycles. The lowest BCUT2D eigenvalue weighted by Gasteiger charge is -2.48. The average molecular weight is 727 g/mol. The Kier molecular flexibility index (Phi) is 10.5. The molecule has 1 aromatic carbocycles. The van der Waals surface area contributed by atoms with Crippen LogP contribution in [0.25, 0.3) is 11.3 Å². The molecule has 1 aromatic heterocycles. The number of piperazine rings is 1. The number of aliphatic hydroxyl groups is 2. The molecular formula is C37H45ClF2N6O5. The molecule has 2 aromatic rings. The first-order chi connectivity index (χ1) is 24.3. The molecule has 2 N–H and O–H groups in total. The number of hydrogen-bond acceptors (Lipinski definition) is 10. The first kappa shape index (κ1) is 36.7. The highest BCUT2D eigenvalue weighted by atomic mass is 35.5. The van der Waals surface area contributed by atoms with Crippen LogP contribution in [-0.2, 0) is 9.53 Å². The van der Waals surface area contributed by atoms with Crippen molar-refractivity contribution in [3.8, 4) is 17.0 Å². The van der Waals surface area contributed by atoms with Crippen LogP contribution in [0.15, 0.2) is 59.4 Å². The SMILES string of the molecule is C=CC(=O)N1C[C@H](C)N(C2=NC(O)N3C4=C(C=CN(CC(C)C)[C@@H]4C)C(OCC)C(O)COc4ccc(Cl)c(F)c4-c4nc3c2cc4F)C[C@H]1C. The van der Waals surface area contributed by atoms with Crippen molar-refractivity contribution < 1.29 is 33.3 Å². The summed E-state index contributed by atoms with van der Waals surface area (Å²) >= 11 is 6.23. The third kappa shape index (κ3) is 6.61. The summed E-state index contributed by atoms with van der Waals surface area (Å²) in [4.78, 5) is 29.5. The molecule has 4 aliphatic heterocycles. The number of pyridine rings is 1. The molecule has 4 aliphatic rings. The van der Waals surface area contributed by atoms with Crippen molar-refractivity contribution in [2.24, 2.45) is 10.9 Å². The molecule has 14 heteroatoms. The van der Waals surface area contributed by atoms with Gasteiger partial charge < -0.3 is 34.4 Å². The van der Waals surface area contributed by atoms with Gasteiger partial charge in [-0.1, -0.05) is 32.0 Å². The maximum Gasteiger partial charge on any atom is 0.246 e. The predicted octanol–water partition coefficient (Wildman–Crippen LogP) is 4.92. The number of aliphatic imine (C=N–C) groups is 1. The van der Waals surface area contributed by atoms with E-state index in [1.807, 2.05) is 37.9 Å². The van der Waals surface area contributed by atoms with Crippen molar-refractivity contribution in [1.82, 2.24) is 19.7 Å². The van der Waals surface area contributed by atoms with Crippen LogP contribution in [0, 0.1) is 17.6 Å². The molecule has 3 unspecified atom stereocenters. The zero-order chi connectivity index (χ0) is 36.9. The predicted molar refractivity (Wildman–Crippen MR) is 191 cm³/mol. The molecule has 5 heterocycles. The van der Waals surface area contributed by atoms with Gasteiger partial charge in [0.25, 0.3) is 0 Å². The second kappa shape index (κ2) is 14.5. The Bertz CT molecular complexity index is 1800. The fourth-order valence-corrected chi connectivity index (χ4v) is 7.55. The molecule has 6 atom stereocenters. The lowest BCUT2D eigenvalue weighted by Crippen LogP contribution is -2.60. The minimum absolute atomic E-state index is 0.0785. The first-order valence-electron chi connectivity index (χ1n) is 17.3. The zero-order valence-corrected chi connectivity index (χ0v) is 30.4. The molecule has 2 bridgehead atoms. The van der Waals surface area contributed by atoms with E-state index >= 15 is 8.78 Å². The van der Waals surface area contributed by atoms with Gasteiger partial charge in [-0.2, -0.15) is 0 Å². The van der Waals surface area contributed by atoms with Crippen LogP contribution in [0.1, 0.15) is 47.1 Å². The van der Waals surface area contributed by atoms with Gasteiger partial charge in [0.2, 0.25) is 12.3 Å². The van der Waals surface area contributed by atoms with Crippen molar-refractivity contribution in [3.63, 3.8) is 0 Å². The van der Waals surface area contributed by atoms with E-state index in [1.54, 1.807) is 11.8 Å². The third-order valence-corrected chi connectivity index (χ3v) is 10.1. The number of amides is 1. The van der Waals surface area contributed by atoms with Crippen LogP contribution in [0.3, 0.4) is 0 Å². The summed E-state index contributed by atoms with van der Waals surface area (Å²) < 4.78 is 44.7. The molecule has 274 valence electrons. The maximum absolute atomic E-state index is 16.6. The smallest absolute Gasteiger partial charge is 0.246 e. The van der Waals surface area contributed by atoms with Crippen molar-refractivity contribution in [2.75, 3.05) is 37.7 Å². The van der Waals surface area contributed by atoms with E-state index in [1.165, 1.54) is 29.2 Å². The van der Waals surface area contributed by atoms with Gasteiger partial charge in [0, 0.05) is 50.1 Å². The molecule has 0 aliphatic carbocycles. The molecule has 0 spiro atoms. The van der Waals surface area contributed by atoms with E-state index in [9.17, 15) is 15.0 Å². The summed E-state index contributed by atoms with van der Waals surface area (Å²) in [6.07, 6.45) is 1.28. The van der Waals surface area contributed by atoms with Gasteiger partial charge in [-0.15, -0.1) is 0 Å². The molecule has 0 radical (unpaired) electrons. The Morgan fingerprint density at radius 3 is 2.63 bits per heavy atom. The highest BCUT2D eigenvalue weighted by Gasteiger charge is 2.43. The first-order valence-corrected chi connectivity index (χ1v) is 17.7. The number of carbonyl (C=O) groups is 1. The van der Waals surface area contributed by atoms with E-state index in [2.05, 4.69) is 25.3 Å². The van der Waals surface area contributed by atoms with Crippen LogP contribution in [0.5, 0.6) is 5.75 Å². The second-order valence-corrected chi connectivity index (χ2v) is 14.2. The van der Waals surface area contributed by atoms with Crippen molar-refractivity contribution in [2.45, 2.75) is 78.2 Å². The maximum atomic E-state index is 16.6. The van der Waals surface area contributed by atoms with Crippen molar-refractivity contribution in [3.05, 3.63) is 76.6 Å². The molecular weight excluding hydrogens is 682 g/mol. The van der Waals surface area contributed by atoms with Crippen molar-refractivity contribution in [1.29, 1.82) is 0 Å². The minimum Gasteiger partial charge on any atom is -0.490 e. The summed E-state index contributed by atoms with van der Waals surface area (Å²) in [5, 5.41) is 23.5. The summed E-state index contributed by atoms with van der Waals surface area (Å²) in [5.41, 5.74) is 0.615. The van der Waals surface area contributed by atoms with Gasteiger partial charge in [0.15, 0.2) is 11.6 Å². The van der Waals surface area contributed by atoms with E-state index in [4.69, 9.17) is 31.1 Å². The Hall–Kier alpha value is -4.04. The Morgan fingerprint density at radius 1 is 1.20 bits per heavy atom. The number of halogens is 3. The number of fused-ring (bicyclic) bond motifs is 4. The number of rotatable bonds is 5. The average Bonchev–Trinajstić information content (AvgIpc) is 3.08. The number of carbonyl (C=O) groups excluding carboxylic acids is 1. The summed E-state index contributed by atoms with van der Waals surface area (Å²) in [6, 6.07) is 2.97. The van der Waals surface area contributed by atoms with Crippen LogP contribution in [-0.4, -0.2) is 111 Å². The van der Waals surface area contributed by atoms with E-state index in [-0.39, 0.29) is 76.4 Å². The minimum atomic E-state index is -1.57. The fourth-order valence-electron chi connectivity index (χ4n) is 7.40. The molecule has 1 amide bonds. The summed E-state index contributed by atoms with van der Waals surface area (Å²) in [7, 11) is 0. The van der Waals surface area contributed by atoms with Gasteiger partial charge in [-0.05, 0) is 64.0 Å². The highest BCUT2D eigenvalue weighted by Crippen LogP contribution is 2.43. The number of hydrogen-bond donors (Lipinski definition) is 2. The quantitative estimate of drug-likeness (QED) is 0.415. The van der Waals surface area contributed by atoms with E-state index < -0.39 is 36.2 Å². The van der Waals surface area contributed by atoms with Crippen molar-refractivity contribution >= 4 is 29.2 Å². The topological polar surface area (TPSA) is 114 Å². The van der Waals surface area contributed by atoms with E-state index in [0.717, 1.165) is 0 Å². The molecule has 1 saturated heterocycles. The Labute approximate surface area is 302 Å². The summed E-state index contributed by atoms with van der Waals surface area (Å²) in [5.74, 6) is -1.45. The van der Waals surface area contributed by atoms with Crippen LogP contribution >= 0.6 is 11.6 Å². The Balaban J connectivity index is 1.63. The number of amidine groups is 1. The number of aromatic nitrogens is 1. The largest absolute Gasteiger partial charge is 0.490 e. The molecule has 51 heavy (non-hydrogen) atoms. The zero-order valence-electron chi connectivity index (χ0n) is 29.7. The molecule has 1 fully saturated rings. The van der Waals surface area contributed by atoms with Gasteiger partial charge in [0.1, 0.15) is 41.9 Å².